The molecule has 3 amide bonds. The Morgan fingerprint density at radius 3 is 1.83 bits per heavy atom. The van der Waals surface area contributed by atoms with Gasteiger partial charge in [0.25, 0.3) is 5.56 Å². The van der Waals surface area contributed by atoms with Crippen LogP contribution in [0.3, 0.4) is 0 Å². The lowest BCUT2D eigenvalue weighted by atomic mass is 10.1. The highest BCUT2D eigenvalue weighted by Gasteiger charge is 2.20. The molecule has 0 fully saturated rings. The summed E-state index contributed by atoms with van der Waals surface area (Å²) in [5.41, 5.74) is -1.64. The van der Waals surface area contributed by atoms with E-state index in [1.165, 1.54) is 82.2 Å². The maximum Gasteiger partial charge on any atom is 0.407 e. The normalized spacial score (nSPS) is 10.8. The van der Waals surface area contributed by atoms with Gasteiger partial charge in [-0.3, -0.25) is 23.9 Å². The molecule has 0 saturated carbocycles. The second-order valence-electron chi connectivity index (χ2n) is 14.6. The number of hydrogen-bond donors (Lipinski definition) is 3. The van der Waals surface area contributed by atoms with Crippen molar-refractivity contribution in [2.24, 2.45) is 0 Å². The minimum Gasteiger partial charge on any atom is -0.444 e. The zero-order chi connectivity index (χ0) is 38.5. The standard InChI is InChI=1S/C41H67N5O6/c1-6-7-8-9-10-11-12-13-14-15-16-17-18-19-20-21-22-23-24-25-26-27-28-29-42-36(47)33-45(31-30-43-40(51)52-41(3,4)5)37(48)34-46-32-35(2)38(49)44-39(46)50/h32H,6-16,21-31,33-34H2,1-5H3,(H,42,47)(H,43,51)(H,44,49,50). The van der Waals surface area contributed by atoms with E-state index >= 15 is 0 Å². The van der Waals surface area contributed by atoms with Crippen LogP contribution in [0, 0.1) is 30.6 Å². The van der Waals surface area contributed by atoms with Crippen molar-refractivity contribution in [2.75, 3.05) is 26.2 Å². The number of amides is 3. The molecule has 0 aliphatic heterocycles. The second kappa shape index (κ2) is 28.6. The van der Waals surface area contributed by atoms with Crippen molar-refractivity contribution >= 4 is 17.9 Å². The van der Waals surface area contributed by atoms with Crippen LogP contribution in [0.4, 0.5) is 4.79 Å². The van der Waals surface area contributed by atoms with Crippen molar-refractivity contribution in [1.29, 1.82) is 0 Å². The van der Waals surface area contributed by atoms with Gasteiger partial charge in [0, 0.05) is 44.2 Å². The molecule has 0 aliphatic rings. The number of unbranched alkanes of at least 4 members (excludes halogenated alkanes) is 17. The number of H-pyrrole nitrogens is 1. The number of aryl methyl sites for hydroxylation is 1. The highest BCUT2D eigenvalue weighted by Crippen LogP contribution is 2.11. The van der Waals surface area contributed by atoms with Crippen molar-refractivity contribution in [2.45, 2.75) is 169 Å². The number of aromatic nitrogens is 2. The van der Waals surface area contributed by atoms with Gasteiger partial charge in [0.1, 0.15) is 12.1 Å². The van der Waals surface area contributed by atoms with Gasteiger partial charge < -0.3 is 20.3 Å². The highest BCUT2D eigenvalue weighted by molar-refractivity contribution is 5.84. The quantitative estimate of drug-likeness (QED) is 0.0713. The Kier molecular flexibility index (Phi) is 25.3. The van der Waals surface area contributed by atoms with Gasteiger partial charge in [-0.05, 0) is 58.8 Å². The summed E-state index contributed by atoms with van der Waals surface area (Å²) in [5.74, 6) is 11.5. The number of nitrogens with zero attached hydrogens (tertiary/aromatic N) is 2. The molecule has 0 unspecified atom stereocenters. The van der Waals surface area contributed by atoms with E-state index < -0.39 is 28.9 Å². The number of nitrogens with one attached hydrogen (secondary N) is 3. The lowest BCUT2D eigenvalue weighted by molar-refractivity contribution is -0.136. The molecule has 1 heterocycles. The SMILES string of the molecule is CCCCCCCCCCCCC#CC#CCCCCCCCCCNC(=O)CN(CCNC(=O)OC(C)(C)C)C(=O)Cn1cc(C)c(=O)[nH]c1=O. The number of rotatable bonds is 26. The van der Waals surface area contributed by atoms with Gasteiger partial charge in [0.05, 0.1) is 6.54 Å². The van der Waals surface area contributed by atoms with E-state index in [0.29, 0.717) is 6.54 Å². The molecule has 1 aromatic rings. The van der Waals surface area contributed by atoms with E-state index in [1.54, 1.807) is 20.8 Å². The molecule has 11 nitrogen and oxygen atoms in total. The predicted octanol–water partition coefficient (Wildman–Crippen LogP) is 6.75. The molecule has 0 saturated heterocycles. The van der Waals surface area contributed by atoms with E-state index in [-0.39, 0.29) is 37.6 Å². The van der Waals surface area contributed by atoms with Crippen LogP contribution in [-0.4, -0.2) is 64.1 Å². The molecular formula is C41H67N5O6. The Bertz CT molecular complexity index is 1420. The zero-order valence-corrected chi connectivity index (χ0v) is 32.9. The largest absolute Gasteiger partial charge is 0.444 e. The molecule has 0 radical (unpaired) electrons. The van der Waals surface area contributed by atoms with Crippen LogP contribution in [0.15, 0.2) is 15.8 Å². The first-order valence-electron chi connectivity index (χ1n) is 19.7. The fourth-order valence-corrected chi connectivity index (χ4v) is 5.47. The van der Waals surface area contributed by atoms with Crippen LogP contribution in [0.25, 0.3) is 0 Å². The van der Waals surface area contributed by atoms with Crippen LogP contribution in [0.2, 0.25) is 0 Å². The highest BCUT2D eigenvalue weighted by atomic mass is 16.6. The second-order valence-corrected chi connectivity index (χ2v) is 14.6. The fourth-order valence-electron chi connectivity index (χ4n) is 5.47. The van der Waals surface area contributed by atoms with Crippen molar-refractivity contribution < 1.29 is 19.1 Å². The Hall–Kier alpha value is -3.99. The Morgan fingerprint density at radius 1 is 0.769 bits per heavy atom. The molecule has 1 aromatic heterocycles. The number of aromatic amines is 1. The van der Waals surface area contributed by atoms with Gasteiger partial charge >= 0.3 is 11.8 Å². The van der Waals surface area contributed by atoms with Crippen LogP contribution in [0.1, 0.15) is 155 Å². The summed E-state index contributed by atoms with van der Waals surface area (Å²) in [6.45, 7) is 8.98. The van der Waals surface area contributed by atoms with Crippen molar-refractivity contribution in [3.05, 3.63) is 32.6 Å². The average Bonchev–Trinajstić information content (AvgIpc) is 3.07. The fraction of sp³-hybridized carbons (Fsp3) is 0.732. The van der Waals surface area contributed by atoms with Gasteiger partial charge in [-0.15, -0.1) is 0 Å². The molecule has 0 spiro atoms. The molecule has 292 valence electrons. The van der Waals surface area contributed by atoms with E-state index in [2.05, 4.69) is 46.2 Å². The molecule has 0 aromatic carbocycles. The third-order valence-corrected chi connectivity index (χ3v) is 8.43. The molecule has 0 atom stereocenters. The van der Waals surface area contributed by atoms with E-state index in [4.69, 9.17) is 4.74 Å². The first-order chi connectivity index (χ1) is 24.9. The molecule has 1 rings (SSSR count). The minimum atomic E-state index is -0.719. The number of hydrogen-bond acceptors (Lipinski definition) is 6. The first-order valence-corrected chi connectivity index (χ1v) is 19.7. The number of alkyl carbamates (subject to hydrolysis) is 1. The summed E-state index contributed by atoms with van der Waals surface area (Å²) in [4.78, 5) is 65.3. The average molecular weight is 726 g/mol. The van der Waals surface area contributed by atoms with Crippen molar-refractivity contribution in [1.82, 2.24) is 25.1 Å². The Balaban J connectivity index is 2.24. The first kappa shape index (κ1) is 46.0. The molecule has 52 heavy (non-hydrogen) atoms. The van der Waals surface area contributed by atoms with Crippen molar-refractivity contribution in [3.8, 4) is 23.7 Å². The summed E-state index contributed by atoms with van der Waals surface area (Å²) in [5, 5.41) is 5.45. The third kappa shape index (κ3) is 25.0. The Labute approximate surface area is 312 Å². The topological polar surface area (TPSA) is 143 Å². The molecular weight excluding hydrogens is 658 g/mol. The van der Waals surface area contributed by atoms with Gasteiger partial charge in [0.2, 0.25) is 11.8 Å². The van der Waals surface area contributed by atoms with Gasteiger partial charge in [-0.2, -0.15) is 0 Å². The summed E-state index contributed by atoms with van der Waals surface area (Å²) in [7, 11) is 0. The van der Waals surface area contributed by atoms with Crippen LogP contribution in [0.5, 0.6) is 0 Å². The summed E-state index contributed by atoms with van der Waals surface area (Å²) >= 11 is 0. The summed E-state index contributed by atoms with van der Waals surface area (Å²) < 4.78 is 6.33. The number of ether oxygens (including phenoxy) is 1. The third-order valence-electron chi connectivity index (χ3n) is 8.43. The monoisotopic (exact) mass is 726 g/mol. The smallest absolute Gasteiger partial charge is 0.407 e. The van der Waals surface area contributed by atoms with E-state index in [0.717, 1.165) is 62.4 Å². The van der Waals surface area contributed by atoms with Crippen LogP contribution < -0.4 is 21.9 Å². The lowest BCUT2D eigenvalue weighted by Gasteiger charge is -2.24. The minimum absolute atomic E-state index is 0.0288. The van der Waals surface area contributed by atoms with Crippen LogP contribution in [-0.2, 0) is 20.9 Å². The molecule has 0 bridgehead atoms. The van der Waals surface area contributed by atoms with E-state index in [9.17, 15) is 24.0 Å². The molecule has 11 heteroatoms. The van der Waals surface area contributed by atoms with Crippen molar-refractivity contribution in [3.63, 3.8) is 0 Å². The number of carbonyl (C=O) groups excluding carboxylic acids is 3. The number of carbonyl (C=O) groups is 3. The van der Waals surface area contributed by atoms with Gasteiger partial charge in [0.15, 0.2) is 0 Å². The van der Waals surface area contributed by atoms with E-state index in [1.807, 2.05) is 0 Å². The summed E-state index contributed by atoms with van der Waals surface area (Å²) in [6.07, 6.45) is 23.3. The maximum atomic E-state index is 13.1. The predicted molar refractivity (Wildman–Crippen MR) is 209 cm³/mol. The molecule has 0 aliphatic carbocycles. The van der Waals surface area contributed by atoms with Gasteiger partial charge in [-0.1, -0.05) is 109 Å². The lowest BCUT2D eigenvalue weighted by Crippen LogP contribution is -2.47. The maximum absolute atomic E-state index is 13.1. The van der Waals surface area contributed by atoms with Crippen LogP contribution >= 0.6 is 0 Å². The van der Waals surface area contributed by atoms with Gasteiger partial charge in [-0.25, -0.2) is 9.59 Å². The zero-order valence-electron chi connectivity index (χ0n) is 32.9. The molecule has 3 N–H and O–H groups in total. The summed E-state index contributed by atoms with van der Waals surface area (Å²) in [6, 6.07) is 0. The Morgan fingerprint density at radius 2 is 1.29 bits per heavy atom.